The Morgan fingerprint density at radius 2 is 1.44 bits per heavy atom. The molecular formula is C60H77ClN2O18. The van der Waals surface area contributed by atoms with Gasteiger partial charge in [0.1, 0.15) is 54.0 Å². The number of amides is 1. The molecule has 3 saturated heterocycles. The number of methoxy groups -OCH3 is 1. The minimum atomic E-state index is -1.53. The number of Topliss-reactive ketones (excluding diaryl/α,β-unsaturated/α-hetero) is 1. The van der Waals surface area contributed by atoms with Crippen LogP contribution in [0, 0.1) is 30.6 Å². The van der Waals surface area contributed by atoms with Gasteiger partial charge in [-0.1, -0.05) is 77.6 Å². The monoisotopic (exact) mass is 1150 g/mol. The van der Waals surface area contributed by atoms with Crippen molar-refractivity contribution in [2.75, 3.05) is 38.9 Å². The van der Waals surface area contributed by atoms with Crippen molar-refractivity contribution in [3.63, 3.8) is 0 Å². The van der Waals surface area contributed by atoms with Gasteiger partial charge in [0.2, 0.25) is 5.78 Å². The maximum Gasteiger partial charge on any atom is 0.508 e. The number of para-hydroxylation sites is 2. The molecule has 1 aromatic heterocycles. The summed E-state index contributed by atoms with van der Waals surface area (Å²) in [6.45, 7) is 24.3. The van der Waals surface area contributed by atoms with Crippen LogP contribution in [0.1, 0.15) is 113 Å². The number of aromatic hydroxyl groups is 1. The van der Waals surface area contributed by atoms with Gasteiger partial charge in [0.15, 0.2) is 45.3 Å². The number of ketones is 1. The van der Waals surface area contributed by atoms with Crippen LogP contribution in [-0.2, 0) is 52.2 Å². The van der Waals surface area contributed by atoms with Gasteiger partial charge in [-0.25, -0.2) is 14.6 Å². The van der Waals surface area contributed by atoms with Gasteiger partial charge < -0.3 is 66.9 Å². The van der Waals surface area contributed by atoms with E-state index >= 15 is 0 Å². The summed E-state index contributed by atoms with van der Waals surface area (Å²) in [7, 11) is 1.55. The first-order valence-corrected chi connectivity index (χ1v) is 27.2. The summed E-state index contributed by atoms with van der Waals surface area (Å²) < 4.78 is 70.7. The summed E-state index contributed by atoms with van der Waals surface area (Å²) in [5, 5.41) is 14.7. The second-order valence-corrected chi connectivity index (χ2v) is 23.1. The van der Waals surface area contributed by atoms with Crippen molar-refractivity contribution in [2.24, 2.45) is 23.7 Å². The second kappa shape index (κ2) is 24.5. The molecule has 3 aromatic carbocycles. The lowest BCUT2D eigenvalue weighted by molar-refractivity contribution is -0.336. The van der Waals surface area contributed by atoms with Gasteiger partial charge in [-0.15, -0.1) is 0 Å². The molecule has 20 nitrogen and oxygen atoms in total. The number of hydrogen-bond donors (Lipinski definition) is 2. The maximum atomic E-state index is 14.9. The van der Waals surface area contributed by atoms with Crippen LogP contribution in [0.25, 0.3) is 33.0 Å². The number of hydrogen-bond acceptors (Lipinski definition) is 19. The van der Waals surface area contributed by atoms with E-state index in [-0.39, 0.29) is 108 Å². The van der Waals surface area contributed by atoms with E-state index in [0.29, 0.717) is 17.7 Å². The number of phenols is 1. The number of ether oxygens (including phenoxy) is 11. The zero-order valence-corrected chi connectivity index (χ0v) is 48.5. The quantitative estimate of drug-likeness (QED) is 0.0455. The molecular weight excluding hydrogens is 1070 g/mol. The van der Waals surface area contributed by atoms with Crippen LogP contribution < -0.4 is 15.5 Å². The average molecular weight is 1150 g/mol. The number of nitrogens with one attached hydrogen (secondary N) is 1. The molecule has 7 bridgehead atoms. The number of carbonyl (C=O) groups is 4. The van der Waals surface area contributed by atoms with Crippen molar-refractivity contribution in [3.05, 3.63) is 81.6 Å². The summed E-state index contributed by atoms with van der Waals surface area (Å²) >= 11 is 4.97. The van der Waals surface area contributed by atoms with Crippen molar-refractivity contribution in [2.45, 2.75) is 163 Å². The normalized spacial score (nSPS) is 31.2. The average Bonchev–Trinajstić information content (AvgIpc) is 3.63. The third-order valence-electron chi connectivity index (χ3n) is 15.2. The lowest BCUT2D eigenvalue weighted by Gasteiger charge is -2.50. The summed E-state index contributed by atoms with van der Waals surface area (Å²) in [4.78, 5) is 72.1. The van der Waals surface area contributed by atoms with E-state index in [0.717, 1.165) is 0 Å². The van der Waals surface area contributed by atoms with Crippen molar-refractivity contribution >= 4 is 73.5 Å². The highest BCUT2D eigenvalue weighted by Crippen LogP contribution is 2.49. The van der Waals surface area contributed by atoms with Gasteiger partial charge in [-0.05, 0) is 74.4 Å². The SMILES string of the molecule is C.CC1(C)OCC(COC(=O)Cl)O1.CO[C@H]1/C=C/C[C@@]2(C)Oc3c(C)c(=O)c4c(O)c(c5oc6ccccc6nc5c4c3C2=O)NC(=O)/C(C)=C\C=C\[C@H](C)[C@@H]2OC(C)(C)O[C@@H]([C@@H](C)[C@H](OC(=O)OCC3COC(C)(C)O3)[C@@H]1C)[C@@H]2C. The van der Waals surface area contributed by atoms with Crippen LogP contribution in [0.4, 0.5) is 15.3 Å². The largest absolute Gasteiger partial charge is 0.508 e. The van der Waals surface area contributed by atoms with Crippen molar-refractivity contribution in [1.82, 2.24) is 4.98 Å². The number of allylic oxidation sites excluding steroid dienone is 2. The molecule has 10 rings (SSSR count). The van der Waals surface area contributed by atoms with E-state index in [1.165, 1.54) is 6.92 Å². The molecule has 0 radical (unpaired) electrons. The maximum absolute atomic E-state index is 14.9. The molecule has 6 aliphatic heterocycles. The number of halogens is 1. The minimum Gasteiger partial charge on any atom is -0.505 e. The Morgan fingerprint density at radius 3 is 2.06 bits per heavy atom. The number of nitrogens with zero attached hydrogens (tertiary/aromatic N) is 1. The highest BCUT2D eigenvalue weighted by molar-refractivity contribution is 6.61. The smallest absolute Gasteiger partial charge is 0.505 e. The van der Waals surface area contributed by atoms with E-state index in [4.69, 9.17) is 68.4 Å². The first kappa shape index (κ1) is 62.6. The third-order valence-corrected chi connectivity index (χ3v) is 15.3. The molecule has 7 heterocycles. The number of phenolic OH excluding ortho intramolecular Hbond substituents is 1. The van der Waals surface area contributed by atoms with Gasteiger partial charge in [-0.3, -0.25) is 14.4 Å². The molecule has 1 amide bonds. The Hall–Kier alpha value is -5.97. The molecule has 442 valence electrons. The highest BCUT2D eigenvalue weighted by Gasteiger charge is 2.50. The van der Waals surface area contributed by atoms with E-state index in [1.54, 1.807) is 97.2 Å². The summed E-state index contributed by atoms with van der Waals surface area (Å²) in [5.74, 6) is -5.42. The molecule has 2 unspecified atom stereocenters. The Balaban J connectivity index is 0.000000646. The third kappa shape index (κ3) is 13.4. The van der Waals surface area contributed by atoms with Gasteiger partial charge in [0.25, 0.3) is 5.91 Å². The van der Waals surface area contributed by atoms with Gasteiger partial charge in [-0.2, -0.15) is 0 Å². The predicted octanol–water partition coefficient (Wildman–Crippen LogP) is 11.1. The zero-order chi connectivity index (χ0) is 58.4. The van der Waals surface area contributed by atoms with Gasteiger partial charge in [0.05, 0.1) is 42.5 Å². The molecule has 3 fully saturated rings. The molecule has 11 atom stereocenters. The number of rotatable bonds is 6. The van der Waals surface area contributed by atoms with Crippen LogP contribution in [0.2, 0.25) is 0 Å². The van der Waals surface area contributed by atoms with E-state index in [1.807, 2.05) is 47.6 Å². The first-order valence-electron chi connectivity index (χ1n) is 26.8. The van der Waals surface area contributed by atoms with E-state index < -0.39 is 93.7 Å². The molecule has 21 heteroatoms. The molecule has 2 N–H and O–H groups in total. The number of carbonyl (C=O) groups excluding carboxylic acids is 4. The fourth-order valence-corrected chi connectivity index (χ4v) is 11.2. The number of aromatic nitrogens is 1. The summed E-state index contributed by atoms with van der Waals surface area (Å²) in [5.41, 5.74) is -1.94. The van der Waals surface area contributed by atoms with E-state index in [2.05, 4.69) is 10.1 Å². The van der Waals surface area contributed by atoms with Crippen molar-refractivity contribution in [3.8, 4) is 11.5 Å². The Kier molecular flexibility index (Phi) is 18.9. The van der Waals surface area contributed by atoms with Crippen LogP contribution in [0.3, 0.4) is 0 Å². The zero-order valence-electron chi connectivity index (χ0n) is 47.7. The molecule has 0 saturated carbocycles. The second-order valence-electron chi connectivity index (χ2n) is 22.8. The summed E-state index contributed by atoms with van der Waals surface area (Å²) in [6, 6.07) is 6.92. The topological polar surface area (TPSA) is 245 Å². The van der Waals surface area contributed by atoms with Gasteiger partial charge in [0, 0.05) is 65.3 Å². The van der Waals surface area contributed by atoms with Crippen LogP contribution in [-0.4, -0.2) is 126 Å². The Labute approximate surface area is 476 Å². The van der Waals surface area contributed by atoms with Crippen LogP contribution >= 0.6 is 11.6 Å². The fourth-order valence-electron chi connectivity index (χ4n) is 11.1. The lowest BCUT2D eigenvalue weighted by Crippen LogP contribution is -2.56. The first-order chi connectivity index (χ1) is 37.5. The van der Waals surface area contributed by atoms with Crippen molar-refractivity contribution < 1.29 is 80.8 Å². The van der Waals surface area contributed by atoms with Crippen LogP contribution in [0.15, 0.2) is 69.4 Å². The lowest BCUT2D eigenvalue weighted by atomic mass is 9.77. The molecule has 4 aromatic rings. The summed E-state index contributed by atoms with van der Waals surface area (Å²) in [6.07, 6.45) is 4.94. The van der Waals surface area contributed by atoms with Crippen molar-refractivity contribution in [1.29, 1.82) is 0 Å². The minimum absolute atomic E-state index is 0. The highest BCUT2D eigenvalue weighted by atomic mass is 35.5. The predicted molar refractivity (Wildman–Crippen MR) is 302 cm³/mol. The molecule has 0 spiro atoms. The molecule has 0 aliphatic carbocycles. The van der Waals surface area contributed by atoms with E-state index in [9.17, 15) is 29.1 Å². The number of fused-ring (bicyclic) bond motifs is 10. The van der Waals surface area contributed by atoms with Gasteiger partial charge >= 0.3 is 11.6 Å². The standard InChI is InChI=1S/C52H62N2O14.C7H11ClO4.CH4/c1-25-17-15-18-26(2)48(58)54-39-41(56)36-35(38-46(39)63-34-20-14-13-19-32(34)53-38)37-45(28(4)40(36)55)68-52(11,47(37)57)22-16-21-33(60-12)27(3)43(30(6)44-29(5)42(25)66-51(9,10)67-44)64-49(59)61-23-31-24-62-50(7,8)65-31;1-7(2)11-4-5(12-7)3-10-6(8)9;/h13-21,25,27,29-31,33,42-44,56H,22-24H2,1-12H3,(H,54,58);5H,3-4H2,1-2H3;1H4/b17-15+,21-16+,26-18-;;/t25-,27+,29+,30-,31?,33-,42-,43+,44+,52+;;/m0../s1. The number of anilines is 1. The Morgan fingerprint density at radius 1 is 0.815 bits per heavy atom. The van der Waals surface area contributed by atoms with Crippen LogP contribution in [0.5, 0.6) is 11.5 Å². The number of benzene rings is 3. The molecule has 81 heavy (non-hydrogen) atoms. The molecule has 6 aliphatic rings. The Bertz CT molecular complexity index is 3200. The fraction of sp³-hybridized carbons (Fsp3) is 0.567.